The number of nitrogens with one attached hydrogen (secondary N) is 1. The van der Waals surface area contributed by atoms with Crippen LogP contribution in [0.25, 0.3) is 0 Å². The van der Waals surface area contributed by atoms with Gasteiger partial charge in [-0.3, -0.25) is 0 Å². The average molecular weight is 284 g/mol. The minimum atomic E-state index is -3.46. The number of hydrogen-bond acceptors (Lipinski definition) is 4. The van der Waals surface area contributed by atoms with Crippen molar-refractivity contribution in [2.45, 2.75) is 36.7 Å². The van der Waals surface area contributed by atoms with Gasteiger partial charge in [0.05, 0.1) is 17.6 Å². The van der Waals surface area contributed by atoms with Crippen molar-refractivity contribution in [1.29, 1.82) is 0 Å². The molecule has 19 heavy (non-hydrogen) atoms. The lowest BCUT2D eigenvalue weighted by molar-refractivity contribution is 0.0626. The van der Waals surface area contributed by atoms with Gasteiger partial charge < -0.3 is 10.5 Å². The van der Waals surface area contributed by atoms with Crippen LogP contribution in [-0.2, 0) is 14.8 Å². The van der Waals surface area contributed by atoms with E-state index in [4.69, 9.17) is 10.5 Å². The molecule has 0 atom stereocenters. The van der Waals surface area contributed by atoms with Gasteiger partial charge in [0, 0.05) is 12.2 Å². The molecule has 1 saturated carbocycles. The summed E-state index contributed by atoms with van der Waals surface area (Å²) in [5.41, 5.74) is 6.07. The van der Waals surface area contributed by atoms with Crippen molar-refractivity contribution >= 4 is 15.7 Å². The molecule has 1 aromatic carbocycles. The maximum Gasteiger partial charge on any atom is 0.240 e. The number of anilines is 1. The highest BCUT2D eigenvalue weighted by Gasteiger charge is 2.16. The molecule has 0 unspecified atom stereocenters. The van der Waals surface area contributed by atoms with Gasteiger partial charge in [0.15, 0.2) is 0 Å². The van der Waals surface area contributed by atoms with Gasteiger partial charge in [-0.25, -0.2) is 13.1 Å². The van der Waals surface area contributed by atoms with Crippen LogP contribution in [0.3, 0.4) is 0 Å². The Morgan fingerprint density at radius 2 is 1.84 bits per heavy atom. The summed E-state index contributed by atoms with van der Waals surface area (Å²) >= 11 is 0. The monoisotopic (exact) mass is 284 g/mol. The number of rotatable bonds is 6. The zero-order chi connectivity index (χ0) is 13.7. The molecule has 0 saturated heterocycles. The van der Waals surface area contributed by atoms with Crippen LogP contribution in [0.1, 0.15) is 25.7 Å². The summed E-state index contributed by atoms with van der Waals surface area (Å²) in [5.74, 6) is 0. The van der Waals surface area contributed by atoms with Gasteiger partial charge in [-0.05, 0) is 37.1 Å². The van der Waals surface area contributed by atoms with E-state index in [9.17, 15) is 8.42 Å². The Labute approximate surface area is 114 Å². The van der Waals surface area contributed by atoms with Crippen molar-refractivity contribution in [1.82, 2.24) is 4.72 Å². The third kappa shape index (κ3) is 4.19. The van der Waals surface area contributed by atoms with Crippen molar-refractivity contribution < 1.29 is 13.2 Å². The van der Waals surface area contributed by atoms with E-state index in [0.717, 1.165) is 12.8 Å². The highest BCUT2D eigenvalue weighted by atomic mass is 32.2. The lowest BCUT2D eigenvalue weighted by atomic mass is 10.3. The lowest BCUT2D eigenvalue weighted by Gasteiger charge is -2.11. The zero-order valence-corrected chi connectivity index (χ0v) is 11.7. The molecule has 0 spiro atoms. The second kappa shape index (κ2) is 6.36. The predicted molar refractivity (Wildman–Crippen MR) is 74.3 cm³/mol. The standard InChI is InChI=1S/C13H20N2O3S/c14-11-5-7-13(8-6-11)19(16,17)15-9-10-18-12-3-1-2-4-12/h5-8,12,15H,1-4,9-10,14H2. The van der Waals surface area contributed by atoms with Crippen molar-refractivity contribution in [3.8, 4) is 0 Å². The SMILES string of the molecule is Nc1ccc(S(=O)(=O)NCCOC2CCCC2)cc1. The largest absolute Gasteiger partial charge is 0.399 e. The fourth-order valence-corrected chi connectivity index (χ4v) is 3.20. The summed E-state index contributed by atoms with van der Waals surface area (Å²) < 4.78 is 32.0. The number of nitrogen functional groups attached to an aromatic ring is 1. The van der Waals surface area contributed by atoms with Crippen molar-refractivity contribution in [3.63, 3.8) is 0 Å². The number of hydrogen-bond donors (Lipinski definition) is 2. The van der Waals surface area contributed by atoms with Crippen molar-refractivity contribution in [2.75, 3.05) is 18.9 Å². The second-order valence-electron chi connectivity index (χ2n) is 4.74. The lowest BCUT2D eigenvalue weighted by Crippen LogP contribution is -2.28. The zero-order valence-electron chi connectivity index (χ0n) is 10.8. The molecule has 2 rings (SSSR count). The molecular weight excluding hydrogens is 264 g/mol. The molecule has 106 valence electrons. The Morgan fingerprint density at radius 1 is 1.21 bits per heavy atom. The van der Waals surface area contributed by atoms with Gasteiger partial charge in [0.25, 0.3) is 0 Å². The molecule has 1 fully saturated rings. The van der Waals surface area contributed by atoms with E-state index < -0.39 is 10.0 Å². The van der Waals surface area contributed by atoms with Gasteiger partial charge in [-0.15, -0.1) is 0 Å². The maximum absolute atomic E-state index is 11.9. The molecule has 0 bridgehead atoms. The summed E-state index contributed by atoms with van der Waals surface area (Å²) in [5, 5.41) is 0. The quantitative estimate of drug-likeness (QED) is 0.613. The van der Waals surface area contributed by atoms with E-state index in [1.807, 2.05) is 0 Å². The average Bonchev–Trinajstić information content (AvgIpc) is 2.88. The number of ether oxygens (including phenoxy) is 1. The summed E-state index contributed by atoms with van der Waals surface area (Å²) in [6, 6.07) is 6.14. The molecule has 0 amide bonds. The van der Waals surface area contributed by atoms with E-state index in [2.05, 4.69) is 4.72 Å². The fourth-order valence-electron chi connectivity index (χ4n) is 2.19. The fraction of sp³-hybridized carbons (Fsp3) is 0.538. The van der Waals surface area contributed by atoms with Crippen LogP contribution in [0.2, 0.25) is 0 Å². The molecule has 0 aliphatic heterocycles. The van der Waals surface area contributed by atoms with E-state index in [0.29, 0.717) is 24.9 Å². The Kier molecular flexibility index (Phi) is 4.79. The smallest absolute Gasteiger partial charge is 0.240 e. The molecule has 0 aromatic heterocycles. The second-order valence-corrected chi connectivity index (χ2v) is 6.51. The molecule has 1 aliphatic rings. The normalized spacial score (nSPS) is 16.8. The Hall–Kier alpha value is -1.11. The summed E-state index contributed by atoms with van der Waals surface area (Å²) in [6.45, 7) is 0.710. The first-order chi connectivity index (χ1) is 9.08. The third-order valence-corrected chi connectivity index (χ3v) is 4.72. The highest BCUT2D eigenvalue weighted by molar-refractivity contribution is 7.89. The van der Waals surface area contributed by atoms with Gasteiger partial charge in [-0.2, -0.15) is 0 Å². The topological polar surface area (TPSA) is 81.4 Å². The number of benzene rings is 1. The minimum absolute atomic E-state index is 0.225. The van der Waals surface area contributed by atoms with Gasteiger partial charge in [-0.1, -0.05) is 12.8 Å². The van der Waals surface area contributed by atoms with E-state index in [1.54, 1.807) is 12.1 Å². The van der Waals surface area contributed by atoms with Crippen molar-refractivity contribution in [2.24, 2.45) is 0 Å². The molecule has 1 aliphatic carbocycles. The molecule has 0 heterocycles. The number of nitrogens with two attached hydrogens (primary N) is 1. The Bertz CT molecular complexity index is 493. The van der Waals surface area contributed by atoms with Crippen LogP contribution in [0.5, 0.6) is 0 Å². The van der Waals surface area contributed by atoms with E-state index in [-0.39, 0.29) is 4.90 Å². The third-order valence-electron chi connectivity index (χ3n) is 3.24. The summed E-state index contributed by atoms with van der Waals surface area (Å²) in [7, 11) is -3.46. The Balaban J connectivity index is 1.79. The minimum Gasteiger partial charge on any atom is -0.399 e. The Morgan fingerprint density at radius 3 is 2.47 bits per heavy atom. The molecule has 3 N–H and O–H groups in total. The van der Waals surface area contributed by atoms with Crippen LogP contribution in [0.4, 0.5) is 5.69 Å². The number of sulfonamides is 1. The van der Waals surface area contributed by atoms with Crippen LogP contribution < -0.4 is 10.5 Å². The van der Waals surface area contributed by atoms with E-state index >= 15 is 0 Å². The molecule has 0 radical (unpaired) electrons. The van der Waals surface area contributed by atoms with Gasteiger partial charge in [0.1, 0.15) is 0 Å². The van der Waals surface area contributed by atoms with Crippen LogP contribution in [0.15, 0.2) is 29.2 Å². The maximum atomic E-state index is 11.9. The van der Waals surface area contributed by atoms with Crippen LogP contribution in [0, 0.1) is 0 Å². The summed E-state index contributed by atoms with van der Waals surface area (Å²) in [6.07, 6.45) is 4.90. The van der Waals surface area contributed by atoms with Gasteiger partial charge >= 0.3 is 0 Å². The molecule has 6 heteroatoms. The van der Waals surface area contributed by atoms with E-state index in [1.165, 1.54) is 25.0 Å². The molecule has 1 aromatic rings. The molecular formula is C13H20N2O3S. The predicted octanol–water partition coefficient (Wildman–Crippen LogP) is 1.51. The first kappa shape index (κ1) is 14.3. The molecule has 5 nitrogen and oxygen atoms in total. The first-order valence-electron chi connectivity index (χ1n) is 6.55. The van der Waals surface area contributed by atoms with Crippen LogP contribution in [-0.4, -0.2) is 27.7 Å². The highest BCUT2D eigenvalue weighted by Crippen LogP contribution is 2.20. The summed E-state index contributed by atoms with van der Waals surface area (Å²) in [4.78, 5) is 0.225. The van der Waals surface area contributed by atoms with Crippen molar-refractivity contribution in [3.05, 3.63) is 24.3 Å². The first-order valence-corrected chi connectivity index (χ1v) is 8.03. The van der Waals surface area contributed by atoms with Crippen LogP contribution >= 0.6 is 0 Å². The van der Waals surface area contributed by atoms with Gasteiger partial charge in [0.2, 0.25) is 10.0 Å².